The van der Waals surface area contributed by atoms with E-state index in [2.05, 4.69) is 6.92 Å². The number of aryl methyl sites for hydroxylation is 1. The summed E-state index contributed by atoms with van der Waals surface area (Å²) in [5.41, 5.74) is 1.74. The van der Waals surface area contributed by atoms with E-state index in [1.165, 1.54) is 25.2 Å². The van der Waals surface area contributed by atoms with Crippen molar-refractivity contribution in [2.75, 3.05) is 20.8 Å². The molecule has 1 fully saturated rings. The molecule has 1 atom stereocenters. The molecule has 1 aliphatic heterocycles. The molecule has 1 saturated heterocycles. The fourth-order valence-electron chi connectivity index (χ4n) is 4.15. The molecule has 3 rings (SSSR count). The van der Waals surface area contributed by atoms with Gasteiger partial charge in [-0.25, -0.2) is 0 Å². The predicted molar refractivity (Wildman–Crippen MR) is 129 cm³/mol. The number of ketones is 1. The van der Waals surface area contributed by atoms with Gasteiger partial charge in [0, 0.05) is 6.54 Å². The molecule has 1 heterocycles. The van der Waals surface area contributed by atoms with Gasteiger partial charge in [-0.1, -0.05) is 67.2 Å². The average Bonchev–Trinajstić information content (AvgIpc) is 3.04. The van der Waals surface area contributed by atoms with Crippen molar-refractivity contribution in [2.24, 2.45) is 0 Å². The number of methoxy groups -OCH3 is 2. The third-order valence-electron chi connectivity index (χ3n) is 5.82. The molecule has 2 aromatic carbocycles. The number of benzene rings is 2. The molecule has 0 saturated carbocycles. The average molecular weight is 492 g/mol. The molecule has 0 radical (unpaired) electrons. The number of carbonyl (C=O) groups is 2. The molecule has 2 aromatic rings. The van der Waals surface area contributed by atoms with Crippen molar-refractivity contribution in [3.05, 3.63) is 62.6 Å². The van der Waals surface area contributed by atoms with Crippen LogP contribution in [0.25, 0.3) is 5.76 Å². The molecule has 0 spiro atoms. The molecular formula is C25H27Cl2NO5. The Bertz CT molecular complexity index is 1110. The van der Waals surface area contributed by atoms with Gasteiger partial charge in [0.2, 0.25) is 0 Å². The Balaban J connectivity index is 2.27. The number of carbonyl (C=O) groups excluding carboxylic acids is 2. The van der Waals surface area contributed by atoms with Crippen molar-refractivity contribution in [1.82, 2.24) is 4.90 Å². The Kier molecular flexibility index (Phi) is 7.92. The van der Waals surface area contributed by atoms with Crippen molar-refractivity contribution in [2.45, 2.75) is 39.2 Å². The maximum atomic E-state index is 13.2. The fraction of sp³-hybridized carbons (Fsp3) is 0.360. The number of ether oxygens (including phenoxy) is 2. The zero-order chi connectivity index (χ0) is 24.3. The lowest BCUT2D eigenvalue weighted by Crippen LogP contribution is -2.31. The first-order valence-corrected chi connectivity index (χ1v) is 11.5. The zero-order valence-corrected chi connectivity index (χ0v) is 20.6. The van der Waals surface area contributed by atoms with E-state index in [0.29, 0.717) is 6.54 Å². The first-order chi connectivity index (χ1) is 15.8. The smallest absolute Gasteiger partial charge is 0.295 e. The maximum absolute atomic E-state index is 13.2. The molecule has 1 unspecified atom stereocenters. The molecule has 6 nitrogen and oxygen atoms in total. The van der Waals surface area contributed by atoms with E-state index < -0.39 is 23.5 Å². The van der Waals surface area contributed by atoms with Gasteiger partial charge in [-0.05, 0) is 30.5 Å². The highest BCUT2D eigenvalue weighted by atomic mass is 35.5. The van der Waals surface area contributed by atoms with E-state index >= 15 is 0 Å². The van der Waals surface area contributed by atoms with Crippen molar-refractivity contribution in [1.29, 1.82) is 0 Å². The van der Waals surface area contributed by atoms with Crippen LogP contribution in [0.1, 0.15) is 48.9 Å². The summed E-state index contributed by atoms with van der Waals surface area (Å²) in [6.07, 6.45) is 2.63. The number of rotatable bonds is 8. The minimum Gasteiger partial charge on any atom is -0.507 e. The first kappa shape index (κ1) is 24.9. The van der Waals surface area contributed by atoms with Gasteiger partial charge in [0.15, 0.2) is 11.5 Å². The van der Waals surface area contributed by atoms with Crippen LogP contribution in [0.2, 0.25) is 10.0 Å². The van der Waals surface area contributed by atoms with Crippen molar-refractivity contribution in [3.8, 4) is 11.5 Å². The number of aliphatic hydroxyl groups is 1. The highest BCUT2D eigenvalue weighted by Crippen LogP contribution is 2.47. The van der Waals surface area contributed by atoms with Gasteiger partial charge in [-0.15, -0.1) is 0 Å². The summed E-state index contributed by atoms with van der Waals surface area (Å²) in [6, 6.07) is 8.16. The minimum absolute atomic E-state index is 0.0265. The number of hydrogen-bond donors (Lipinski definition) is 1. The van der Waals surface area contributed by atoms with E-state index in [1.807, 2.05) is 31.2 Å². The van der Waals surface area contributed by atoms with Crippen LogP contribution >= 0.6 is 23.2 Å². The van der Waals surface area contributed by atoms with Crippen molar-refractivity contribution >= 4 is 40.7 Å². The second-order valence-electron chi connectivity index (χ2n) is 7.84. The van der Waals surface area contributed by atoms with E-state index in [9.17, 15) is 14.7 Å². The largest absolute Gasteiger partial charge is 0.507 e. The van der Waals surface area contributed by atoms with Crippen LogP contribution in [0.5, 0.6) is 11.5 Å². The standard InChI is InChI=1S/C25H27Cl2NO5/c1-5-6-9-12-28-20(15-11-8-7-10-14(15)2)18(22(30)25(28)31)21(29)16-13-17(26)24(33-4)19(27)23(16)32-3/h7-8,10-11,13,20,29H,5-6,9,12H2,1-4H3/b21-18+. The normalized spacial score (nSPS) is 17.5. The van der Waals surface area contributed by atoms with E-state index in [0.717, 1.165) is 30.4 Å². The number of nitrogens with zero attached hydrogens (tertiary/aromatic N) is 1. The molecular weight excluding hydrogens is 465 g/mol. The van der Waals surface area contributed by atoms with E-state index in [-0.39, 0.29) is 32.7 Å². The van der Waals surface area contributed by atoms with Crippen molar-refractivity contribution < 1.29 is 24.2 Å². The van der Waals surface area contributed by atoms with E-state index in [4.69, 9.17) is 32.7 Å². The summed E-state index contributed by atoms with van der Waals surface area (Å²) in [4.78, 5) is 27.8. The van der Waals surface area contributed by atoms with Gasteiger partial charge in [0.1, 0.15) is 10.8 Å². The van der Waals surface area contributed by atoms with Gasteiger partial charge in [0.25, 0.3) is 11.7 Å². The number of unbranched alkanes of at least 4 members (excludes halogenated alkanes) is 2. The predicted octanol–water partition coefficient (Wildman–Crippen LogP) is 5.93. The summed E-state index contributed by atoms with van der Waals surface area (Å²) < 4.78 is 10.6. The summed E-state index contributed by atoms with van der Waals surface area (Å²) >= 11 is 12.7. The second-order valence-corrected chi connectivity index (χ2v) is 8.63. The molecule has 1 amide bonds. The third kappa shape index (κ3) is 4.55. The van der Waals surface area contributed by atoms with Gasteiger partial charge in [-0.2, -0.15) is 0 Å². The van der Waals surface area contributed by atoms with Crippen LogP contribution < -0.4 is 9.47 Å². The van der Waals surface area contributed by atoms with Crippen LogP contribution in [0, 0.1) is 6.92 Å². The highest BCUT2D eigenvalue weighted by molar-refractivity contribution is 6.47. The van der Waals surface area contributed by atoms with Crippen LogP contribution in [0.15, 0.2) is 35.9 Å². The molecule has 33 heavy (non-hydrogen) atoms. The SMILES string of the molecule is CCCCCN1C(=O)C(=O)/C(=C(/O)c2cc(Cl)c(OC)c(Cl)c2OC)C1c1ccccc1C. The number of hydrogen-bond acceptors (Lipinski definition) is 5. The summed E-state index contributed by atoms with van der Waals surface area (Å²) in [6.45, 7) is 4.37. The Morgan fingerprint density at radius 3 is 2.36 bits per heavy atom. The lowest BCUT2D eigenvalue weighted by molar-refractivity contribution is -0.139. The number of amides is 1. The molecule has 8 heteroatoms. The van der Waals surface area contributed by atoms with Crippen LogP contribution in [-0.2, 0) is 9.59 Å². The monoisotopic (exact) mass is 491 g/mol. The fourth-order valence-corrected chi connectivity index (χ4v) is 4.84. The van der Waals surface area contributed by atoms with Gasteiger partial charge >= 0.3 is 0 Å². The summed E-state index contributed by atoms with van der Waals surface area (Å²) in [7, 11) is 2.79. The molecule has 0 bridgehead atoms. The van der Waals surface area contributed by atoms with Crippen LogP contribution in [0.4, 0.5) is 0 Å². The number of aliphatic hydroxyl groups excluding tert-OH is 1. The highest BCUT2D eigenvalue weighted by Gasteiger charge is 2.46. The third-order valence-corrected chi connectivity index (χ3v) is 6.44. The quantitative estimate of drug-likeness (QED) is 0.214. The Labute approximate surface area is 203 Å². The van der Waals surface area contributed by atoms with Gasteiger partial charge < -0.3 is 19.5 Å². The Morgan fingerprint density at radius 1 is 1.09 bits per heavy atom. The second kappa shape index (κ2) is 10.5. The summed E-state index contributed by atoms with van der Waals surface area (Å²) in [5, 5.41) is 11.6. The molecule has 0 aliphatic carbocycles. The lowest BCUT2D eigenvalue weighted by atomic mass is 9.92. The topological polar surface area (TPSA) is 76.1 Å². The van der Waals surface area contributed by atoms with Crippen LogP contribution in [-0.4, -0.2) is 42.5 Å². The Morgan fingerprint density at radius 2 is 1.76 bits per heavy atom. The van der Waals surface area contributed by atoms with Gasteiger partial charge in [0.05, 0.1) is 36.4 Å². The first-order valence-electron chi connectivity index (χ1n) is 10.7. The molecule has 176 valence electrons. The number of Topliss-reactive ketones (excluding diaryl/α,β-unsaturated/α-hetero) is 1. The number of halogens is 2. The molecule has 1 N–H and O–H groups in total. The van der Waals surface area contributed by atoms with Crippen molar-refractivity contribution in [3.63, 3.8) is 0 Å². The maximum Gasteiger partial charge on any atom is 0.295 e. The number of likely N-dealkylation sites (tertiary alicyclic amines) is 1. The Hall–Kier alpha value is -2.70. The summed E-state index contributed by atoms with van der Waals surface area (Å²) in [5.74, 6) is -1.53. The molecule has 1 aliphatic rings. The lowest BCUT2D eigenvalue weighted by Gasteiger charge is -2.26. The molecule has 0 aromatic heterocycles. The van der Waals surface area contributed by atoms with E-state index in [1.54, 1.807) is 0 Å². The minimum atomic E-state index is -0.762. The zero-order valence-electron chi connectivity index (χ0n) is 19.1. The van der Waals surface area contributed by atoms with Gasteiger partial charge in [-0.3, -0.25) is 9.59 Å². The van der Waals surface area contributed by atoms with Crippen LogP contribution in [0.3, 0.4) is 0 Å².